The first-order valence-electron chi connectivity index (χ1n) is 17.1. The van der Waals surface area contributed by atoms with Crippen LogP contribution in [0, 0.1) is 0 Å². The molecule has 0 aromatic heterocycles. The first-order chi connectivity index (χ1) is 19.2. The Balaban J connectivity index is 1.11. The maximum atomic E-state index is 6.68. The summed E-state index contributed by atoms with van der Waals surface area (Å²) in [4.78, 5) is 0. The normalized spacial score (nSPS) is 23.6. The first-order valence-corrected chi connectivity index (χ1v) is 17.1. The van der Waals surface area contributed by atoms with Gasteiger partial charge in [0.25, 0.3) is 0 Å². The molecule has 4 rings (SSSR count). The number of benzene rings is 2. The van der Waals surface area contributed by atoms with E-state index in [4.69, 9.17) is 4.74 Å². The second kappa shape index (κ2) is 17.3. The minimum atomic E-state index is 0.488. The van der Waals surface area contributed by atoms with Crippen molar-refractivity contribution in [1.82, 2.24) is 0 Å². The van der Waals surface area contributed by atoms with Gasteiger partial charge in [0.05, 0.1) is 12.2 Å². The molecule has 216 valence electrons. The number of aryl methyl sites for hydroxylation is 2. The van der Waals surface area contributed by atoms with Crippen LogP contribution in [0.4, 0.5) is 0 Å². The van der Waals surface area contributed by atoms with Gasteiger partial charge in [-0.1, -0.05) is 114 Å². The van der Waals surface area contributed by atoms with E-state index in [0.717, 1.165) is 11.8 Å². The third-order valence-electron chi connectivity index (χ3n) is 9.77. The fourth-order valence-electron chi connectivity index (χ4n) is 7.11. The molecule has 0 unspecified atom stereocenters. The van der Waals surface area contributed by atoms with Crippen molar-refractivity contribution in [2.24, 2.45) is 0 Å². The van der Waals surface area contributed by atoms with E-state index in [2.05, 4.69) is 62.4 Å². The summed E-state index contributed by atoms with van der Waals surface area (Å²) in [6.45, 7) is 4.58. The molecule has 0 atom stereocenters. The van der Waals surface area contributed by atoms with Crippen molar-refractivity contribution in [3.05, 3.63) is 70.8 Å². The first kappa shape index (κ1) is 30.4. The fraction of sp³-hybridized carbons (Fsp3) is 0.684. The van der Waals surface area contributed by atoms with Crippen LogP contribution in [0.15, 0.2) is 48.5 Å². The van der Waals surface area contributed by atoms with Crippen molar-refractivity contribution in [1.29, 1.82) is 0 Å². The number of ether oxygens (including phenoxy) is 1. The molecule has 1 heteroatoms. The van der Waals surface area contributed by atoms with E-state index in [0.29, 0.717) is 12.2 Å². The SMILES string of the molecule is CCCCCCCc1ccc(C2CCC(OC3CCC(c4ccc(CCCCCCC)cc4)CC3)CC2)cc1. The molecular formula is C38H58O. The summed E-state index contributed by atoms with van der Waals surface area (Å²) in [5, 5.41) is 0. The van der Waals surface area contributed by atoms with Gasteiger partial charge >= 0.3 is 0 Å². The standard InChI is InChI=1S/C38H58O/c1-3-5-7-9-11-13-31-15-19-33(20-16-31)35-23-27-37(28-24-35)39-38-29-25-36(26-30-38)34-21-17-32(18-22-34)14-12-10-8-6-4-2/h15-22,35-38H,3-14,23-30H2,1-2H3. The molecule has 0 bridgehead atoms. The zero-order valence-corrected chi connectivity index (χ0v) is 25.5. The third kappa shape index (κ3) is 10.4. The average Bonchev–Trinajstić information content (AvgIpc) is 2.98. The lowest BCUT2D eigenvalue weighted by molar-refractivity contribution is -0.0492. The molecule has 2 aromatic rings. The van der Waals surface area contributed by atoms with E-state index < -0.39 is 0 Å². The number of hydrogen-bond donors (Lipinski definition) is 0. The van der Waals surface area contributed by atoms with Crippen molar-refractivity contribution >= 4 is 0 Å². The summed E-state index contributed by atoms with van der Waals surface area (Å²) in [5.74, 6) is 1.47. The van der Waals surface area contributed by atoms with Crippen molar-refractivity contribution in [3.63, 3.8) is 0 Å². The van der Waals surface area contributed by atoms with Gasteiger partial charge in [-0.25, -0.2) is 0 Å². The van der Waals surface area contributed by atoms with E-state index in [1.54, 1.807) is 11.1 Å². The zero-order chi connectivity index (χ0) is 27.1. The van der Waals surface area contributed by atoms with Gasteiger partial charge in [0.1, 0.15) is 0 Å². The van der Waals surface area contributed by atoms with Crippen LogP contribution in [0.3, 0.4) is 0 Å². The van der Waals surface area contributed by atoms with Gasteiger partial charge in [0.2, 0.25) is 0 Å². The predicted molar refractivity (Wildman–Crippen MR) is 169 cm³/mol. The lowest BCUT2D eigenvalue weighted by Crippen LogP contribution is -2.29. The highest BCUT2D eigenvalue weighted by atomic mass is 16.5. The molecule has 0 radical (unpaired) electrons. The Bertz CT molecular complexity index is 806. The molecule has 0 amide bonds. The topological polar surface area (TPSA) is 9.23 Å². The van der Waals surface area contributed by atoms with Gasteiger partial charge in [-0.3, -0.25) is 0 Å². The van der Waals surface area contributed by atoms with Crippen molar-refractivity contribution < 1.29 is 4.74 Å². The monoisotopic (exact) mass is 530 g/mol. The molecule has 2 aliphatic rings. The highest BCUT2D eigenvalue weighted by molar-refractivity contribution is 5.27. The molecule has 0 aliphatic heterocycles. The predicted octanol–water partition coefficient (Wildman–Crippen LogP) is 11.5. The van der Waals surface area contributed by atoms with Crippen molar-refractivity contribution in [2.75, 3.05) is 0 Å². The Labute approximate surface area is 241 Å². The number of rotatable bonds is 16. The highest BCUT2D eigenvalue weighted by Crippen LogP contribution is 2.38. The molecule has 2 aromatic carbocycles. The Hall–Kier alpha value is -1.60. The summed E-state index contributed by atoms with van der Waals surface area (Å²) in [6, 6.07) is 19.3. The van der Waals surface area contributed by atoms with E-state index in [1.165, 1.54) is 140 Å². The smallest absolute Gasteiger partial charge is 0.0579 e. The quantitative estimate of drug-likeness (QED) is 0.196. The van der Waals surface area contributed by atoms with Gasteiger partial charge < -0.3 is 4.74 Å². The minimum Gasteiger partial charge on any atom is -0.375 e. The Morgan fingerprint density at radius 1 is 0.462 bits per heavy atom. The van der Waals surface area contributed by atoms with Crippen LogP contribution >= 0.6 is 0 Å². The number of unbranched alkanes of at least 4 members (excludes halogenated alkanes) is 8. The van der Waals surface area contributed by atoms with Crippen LogP contribution in [0.25, 0.3) is 0 Å². The molecule has 1 nitrogen and oxygen atoms in total. The molecule has 0 heterocycles. The molecule has 2 saturated carbocycles. The summed E-state index contributed by atoms with van der Waals surface area (Å²) in [6.07, 6.45) is 27.3. The maximum absolute atomic E-state index is 6.68. The van der Waals surface area contributed by atoms with Gasteiger partial charge in [-0.05, 0) is 111 Å². The lowest BCUT2D eigenvalue weighted by atomic mass is 9.81. The van der Waals surface area contributed by atoms with Crippen LogP contribution in [0.1, 0.15) is 164 Å². The Morgan fingerprint density at radius 2 is 0.821 bits per heavy atom. The molecule has 39 heavy (non-hydrogen) atoms. The molecule has 0 N–H and O–H groups in total. The molecule has 2 aliphatic carbocycles. The molecule has 0 saturated heterocycles. The van der Waals surface area contributed by atoms with E-state index in [1.807, 2.05) is 0 Å². The summed E-state index contributed by atoms with van der Waals surface area (Å²) in [7, 11) is 0. The van der Waals surface area contributed by atoms with Crippen molar-refractivity contribution in [2.45, 2.75) is 166 Å². The van der Waals surface area contributed by atoms with Crippen LogP contribution in [0.2, 0.25) is 0 Å². The second-order valence-electron chi connectivity index (χ2n) is 12.9. The van der Waals surface area contributed by atoms with E-state index >= 15 is 0 Å². The van der Waals surface area contributed by atoms with Gasteiger partial charge in [-0.2, -0.15) is 0 Å². The molecular weight excluding hydrogens is 472 g/mol. The van der Waals surface area contributed by atoms with Crippen LogP contribution < -0.4 is 0 Å². The fourth-order valence-corrected chi connectivity index (χ4v) is 7.11. The van der Waals surface area contributed by atoms with Gasteiger partial charge in [0.15, 0.2) is 0 Å². The molecule has 2 fully saturated rings. The summed E-state index contributed by atoms with van der Waals surface area (Å²) >= 11 is 0. The lowest BCUT2D eigenvalue weighted by Gasteiger charge is -2.35. The van der Waals surface area contributed by atoms with Gasteiger partial charge in [0, 0.05) is 0 Å². The highest BCUT2D eigenvalue weighted by Gasteiger charge is 2.28. The third-order valence-corrected chi connectivity index (χ3v) is 9.77. The summed E-state index contributed by atoms with van der Waals surface area (Å²) < 4.78 is 6.68. The average molecular weight is 531 g/mol. The maximum Gasteiger partial charge on any atom is 0.0579 e. The Morgan fingerprint density at radius 3 is 1.18 bits per heavy atom. The van der Waals surface area contributed by atoms with E-state index in [9.17, 15) is 0 Å². The zero-order valence-electron chi connectivity index (χ0n) is 25.5. The van der Waals surface area contributed by atoms with Gasteiger partial charge in [-0.15, -0.1) is 0 Å². The van der Waals surface area contributed by atoms with Crippen LogP contribution in [-0.2, 0) is 17.6 Å². The molecule has 0 spiro atoms. The summed E-state index contributed by atoms with van der Waals surface area (Å²) in [5.41, 5.74) is 6.17. The van der Waals surface area contributed by atoms with Crippen LogP contribution in [-0.4, -0.2) is 12.2 Å². The second-order valence-corrected chi connectivity index (χ2v) is 12.9. The Kier molecular flexibility index (Phi) is 13.4. The van der Waals surface area contributed by atoms with E-state index in [-0.39, 0.29) is 0 Å². The number of hydrogen-bond acceptors (Lipinski definition) is 1. The van der Waals surface area contributed by atoms with Crippen LogP contribution in [0.5, 0.6) is 0 Å². The largest absolute Gasteiger partial charge is 0.375 e. The van der Waals surface area contributed by atoms with Crippen molar-refractivity contribution in [3.8, 4) is 0 Å². The minimum absolute atomic E-state index is 0.488.